The molecule has 0 aliphatic carbocycles. The number of hydrogen-bond donors (Lipinski definition) is 2. The highest BCUT2D eigenvalue weighted by molar-refractivity contribution is 8.04. The van der Waals surface area contributed by atoms with Gasteiger partial charge in [-0.2, -0.15) is 0 Å². The van der Waals surface area contributed by atoms with E-state index in [-0.39, 0.29) is 11.8 Å². The number of hydrazine groups is 1. The number of carbonyl (C=O) groups is 2. The smallest absolute Gasteiger partial charge is 0.269 e. The normalized spacial score (nSPS) is 11.6. The molecule has 1 atom stereocenters. The fourth-order valence-corrected chi connectivity index (χ4v) is 4.58. The van der Waals surface area contributed by atoms with E-state index in [1.807, 2.05) is 13.0 Å². The zero-order valence-electron chi connectivity index (χ0n) is 13.8. The molecule has 0 aliphatic rings. The Labute approximate surface area is 158 Å². The molecule has 0 saturated carbocycles. The molecule has 1 heterocycles. The molecular formula is C16H18N4O2S3. The Kier molecular flexibility index (Phi) is 7.48. The number of hydrogen-bond acceptors (Lipinski definition) is 7. The molecule has 2 N–H and O–H groups in total. The maximum Gasteiger partial charge on any atom is 0.269 e. The van der Waals surface area contributed by atoms with Gasteiger partial charge in [-0.3, -0.25) is 20.4 Å². The summed E-state index contributed by atoms with van der Waals surface area (Å²) in [5.41, 5.74) is 6.38. The summed E-state index contributed by atoms with van der Waals surface area (Å²) in [4.78, 5) is 24.0. The number of thioether (sulfide) groups is 2. The number of aromatic nitrogens is 2. The van der Waals surface area contributed by atoms with Crippen molar-refractivity contribution < 1.29 is 9.59 Å². The molecule has 0 unspecified atom stereocenters. The van der Waals surface area contributed by atoms with E-state index in [0.717, 1.165) is 15.7 Å². The van der Waals surface area contributed by atoms with Crippen LogP contribution in [0.25, 0.3) is 0 Å². The quantitative estimate of drug-likeness (QED) is 0.426. The molecule has 2 aromatic rings. The number of nitrogens with one attached hydrogen (secondary N) is 2. The minimum Gasteiger partial charge on any atom is -0.272 e. The lowest BCUT2D eigenvalue weighted by molar-refractivity contribution is -0.121. The topological polar surface area (TPSA) is 84.0 Å². The van der Waals surface area contributed by atoms with Gasteiger partial charge in [-0.05, 0) is 26.0 Å². The van der Waals surface area contributed by atoms with Crippen molar-refractivity contribution >= 4 is 46.7 Å². The van der Waals surface area contributed by atoms with Crippen molar-refractivity contribution in [3.63, 3.8) is 0 Å². The van der Waals surface area contributed by atoms with Crippen LogP contribution < -0.4 is 10.9 Å². The third-order valence-corrected chi connectivity index (χ3v) is 6.28. The molecule has 9 heteroatoms. The van der Waals surface area contributed by atoms with Crippen LogP contribution >= 0.6 is 34.9 Å². The fourth-order valence-electron chi connectivity index (χ4n) is 1.57. The minimum atomic E-state index is -0.414. The van der Waals surface area contributed by atoms with Gasteiger partial charge in [0.05, 0.1) is 5.25 Å². The van der Waals surface area contributed by atoms with E-state index in [0.29, 0.717) is 9.90 Å². The molecule has 0 bridgehead atoms. The summed E-state index contributed by atoms with van der Waals surface area (Å²) in [7, 11) is 0. The lowest BCUT2D eigenvalue weighted by atomic mass is 10.2. The SMILES string of the molecule is C=C(C)CSc1nnc(S[C@H](C)C(=O)NNC(=O)c2ccccc2)s1. The van der Waals surface area contributed by atoms with Crippen LogP contribution in [-0.2, 0) is 4.79 Å². The van der Waals surface area contributed by atoms with Crippen molar-refractivity contribution in [1.29, 1.82) is 0 Å². The zero-order valence-corrected chi connectivity index (χ0v) is 16.3. The predicted octanol–water partition coefficient (Wildman–Crippen LogP) is 3.15. The van der Waals surface area contributed by atoms with E-state index in [1.165, 1.54) is 23.1 Å². The van der Waals surface area contributed by atoms with Gasteiger partial charge in [-0.1, -0.05) is 65.2 Å². The van der Waals surface area contributed by atoms with Crippen molar-refractivity contribution in [1.82, 2.24) is 21.0 Å². The molecule has 2 amide bonds. The standard InChI is InChI=1S/C16H18N4O2S3/c1-10(2)9-23-15-19-20-16(25-15)24-11(3)13(21)17-18-14(22)12-7-5-4-6-8-12/h4-8,11H,1,9H2,2-3H3,(H,17,21)(H,18,22)/t11-/m1/s1. The summed E-state index contributed by atoms with van der Waals surface area (Å²) >= 11 is 4.31. The second kappa shape index (κ2) is 9.59. The first kappa shape index (κ1) is 19.5. The van der Waals surface area contributed by atoms with Crippen LogP contribution in [0.1, 0.15) is 24.2 Å². The molecule has 0 fully saturated rings. The highest BCUT2D eigenvalue weighted by Gasteiger charge is 2.18. The van der Waals surface area contributed by atoms with E-state index in [1.54, 1.807) is 43.0 Å². The molecule has 0 saturated heterocycles. The molecular weight excluding hydrogens is 376 g/mol. The molecule has 132 valence electrons. The highest BCUT2D eigenvalue weighted by Crippen LogP contribution is 2.31. The van der Waals surface area contributed by atoms with Gasteiger partial charge in [0.1, 0.15) is 0 Å². The molecule has 6 nitrogen and oxygen atoms in total. The van der Waals surface area contributed by atoms with Crippen molar-refractivity contribution in [2.75, 3.05) is 5.75 Å². The van der Waals surface area contributed by atoms with E-state index < -0.39 is 5.25 Å². The van der Waals surface area contributed by atoms with Crippen LogP contribution in [0.4, 0.5) is 0 Å². The third-order valence-electron chi connectivity index (χ3n) is 2.81. The predicted molar refractivity (Wildman–Crippen MR) is 103 cm³/mol. The summed E-state index contributed by atoms with van der Waals surface area (Å²) in [6.45, 7) is 7.55. The maximum absolute atomic E-state index is 12.1. The number of nitrogens with zero attached hydrogens (tertiary/aromatic N) is 2. The van der Waals surface area contributed by atoms with Crippen LogP contribution in [0, 0.1) is 0 Å². The average Bonchev–Trinajstić information content (AvgIpc) is 3.05. The molecule has 0 radical (unpaired) electrons. The van der Waals surface area contributed by atoms with E-state index in [4.69, 9.17) is 0 Å². The summed E-state index contributed by atoms with van der Waals surface area (Å²) < 4.78 is 1.55. The first-order valence-electron chi connectivity index (χ1n) is 7.38. The van der Waals surface area contributed by atoms with Gasteiger partial charge >= 0.3 is 0 Å². The van der Waals surface area contributed by atoms with Crippen LogP contribution in [0.5, 0.6) is 0 Å². The summed E-state index contributed by atoms with van der Waals surface area (Å²) in [5.74, 6) is 0.127. The van der Waals surface area contributed by atoms with Gasteiger partial charge in [0.15, 0.2) is 8.68 Å². The lowest BCUT2D eigenvalue weighted by Gasteiger charge is -2.11. The Morgan fingerprint density at radius 3 is 2.56 bits per heavy atom. The van der Waals surface area contributed by atoms with Crippen LogP contribution in [-0.4, -0.2) is 33.0 Å². The highest BCUT2D eigenvalue weighted by atomic mass is 32.2. The Balaban J connectivity index is 1.80. The number of carbonyl (C=O) groups excluding carboxylic acids is 2. The number of rotatable bonds is 7. The largest absolute Gasteiger partial charge is 0.272 e. The Hall–Kier alpha value is -1.84. The van der Waals surface area contributed by atoms with E-state index in [2.05, 4.69) is 27.6 Å². The zero-order chi connectivity index (χ0) is 18.2. The van der Waals surface area contributed by atoms with Crippen LogP contribution in [0.15, 0.2) is 51.2 Å². The van der Waals surface area contributed by atoms with Gasteiger partial charge in [0.2, 0.25) is 0 Å². The molecule has 1 aromatic heterocycles. The van der Waals surface area contributed by atoms with Gasteiger partial charge in [0.25, 0.3) is 11.8 Å². The van der Waals surface area contributed by atoms with Gasteiger partial charge in [-0.25, -0.2) is 0 Å². The minimum absolute atomic E-state index is 0.305. The average molecular weight is 395 g/mol. The van der Waals surface area contributed by atoms with Crippen molar-refractivity contribution in [2.24, 2.45) is 0 Å². The maximum atomic E-state index is 12.1. The summed E-state index contributed by atoms with van der Waals surface area (Å²) in [5, 5.41) is 7.74. The van der Waals surface area contributed by atoms with Crippen molar-refractivity contribution in [3.05, 3.63) is 48.0 Å². The monoisotopic (exact) mass is 394 g/mol. The van der Waals surface area contributed by atoms with Crippen LogP contribution in [0.2, 0.25) is 0 Å². The number of benzene rings is 1. The van der Waals surface area contributed by atoms with Gasteiger partial charge < -0.3 is 0 Å². The first-order chi connectivity index (χ1) is 12.0. The van der Waals surface area contributed by atoms with Crippen LogP contribution in [0.3, 0.4) is 0 Å². The molecule has 0 spiro atoms. The van der Waals surface area contributed by atoms with Crippen molar-refractivity contribution in [3.8, 4) is 0 Å². The Bertz CT molecular complexity index is 749. The second-order valence-corrected chi connectivity index (χ2v) is 8.94. The lowest BCUT2D eigenvalue weighted by Crippen LogP contribution is -2.44. The molecule has 0 aliphatic heterocycles. The fraction of sp³-hybridized carbons (Fsp3) is 0.250. The van der Waals surface area contributed by atoms with Crippen molar-refractivity contribution in [2.45, 2.75) is 27.8 Å². The number of amides is 2. The second-order valence-electron chi connectivity index (χ2n) is 5.15. The molecule has 1 aromatic carbocycles. The molecule has 2 rings (SSSR count). The van der Waals surface area contributed by atoms with Gasteiger partial charge in [0, 0.05) is 11.3 Å². The summed E-state index contributed by atoms with van der Waals surface area (Å²) in [6, 6.07) is 8.68. The Morgan fingerprint density at radius 2 is 1.88 bits per heavy atom. The van der Waals surface area contributed by atoms with E-state index in [9.17, 15) is 9.59 Å². The van der Waals surface area contributed by atoms with E-state index >= 15 is 0 Å². The third kappa shape index (κ3) is 6.52. The first-order valence-corrected chi connectivity index (χ1v) is 10.1. The Morgan fingerprint density at radius 1 is 1.20 bits per heavy atom. The van der Waals surface area contributed by atoms with Gasteiger partial charge in [-0.15, -0.1) is 10.2 Å². The summed E-state index contributed by atoms with van der Waals surface area (Å²) in [6.07, 6.45) is 0. The molecule has 25 heavy (non-hydrogen) atoms.